The molecule has 0 spiro atoms. The van der Waals surface area contributed by atoms with Gasteiger partial charge in [-0.1, -0.05) is 194 Å². The quantitative estimate of drug-likeness (QED) is 0.0262. The third-order valence-corrected chi connectivity index (χ3v) is 10.4. The number of carbonyl (C=O) groups is 3. The number of hydrogen-bond acceptors (Lipinski definition) is 6. The van der Waals surface area contributed by atoms with Crippen LogP contribution in [-0.2, 0) is 28.6 Å². The molecule has 0 aromatic heterocycles. The monoisotopic (exact) mass is 899 g/mol. The van der Waals surface area contributed by atoms with E-state index < -0.39 is 6.10 Å². The molecule has 366 valence electrons. The average Bonchev–Trinajstić information content (AvgIpc) is 3.30. The van der Waals surface area contributed by atoms with Crippen molar-refractivity contribution in [1.29, 1.82) is 0 Å². The standard InChI is InChI=1S/C59H94O6/c1-4-7-10-13-16-19-22-25-28-30-32-34-37-40-43-46-49-52-58(61)64-55-56(54-63-57(60)51-48-45-42-39-36-33-27-24-21-18-15-12-9-6-3)65-59(62)53-50-47-44-41-38-35-31-29-26-23-20-17-14-11-8-5-2/h7-8,10-11,16-17,19-20,25-26,28-29,32-36,38,40,43,56H,4-6,9,12-15,18,21-24,27,30-31,37,39,41-42,44-55H2,1-3H3/b10-7-,11-8-,19-16-,20-17-,28-25-,29-26-,34-32-,36-33-,38-35-,43-40-. The molecule has 0 aliphatic carbocycles. The first-order valence-corrected chi connectivity index (χ1v) is 26.0. The smallest absolute Gasteiger partial charge is 0.306 e. The van der Waals surface area contributed by atoms with Gasteiger partial charge < -0.3 is 14.2 Å². The highest BCUT2D eigenvalue weighted by atomic mass is 16.6. The second kappa shape index (κ2) is 52.4. The highest BCUT2D eigenvalue weighted by Crippen LogP contribution is 2.12. The summed E-state index contributed by atoms with van der Waals surface area (Å²) in [6, 6.07) is 0. The van der Waals surface area contributed by atoms with Crippen LogP contribution in [0.15, 0.2) is 122 Å². The summed E-state index contributed by atoms with van der Waals surface area (Å²) in [7, 11) is 0. The summed E-state index contributed by atoms with van der Waals surface area (Å²) < 4.78 is 16.7. The molecule has 0 bridgehead atoms. The van der Waals surface area contributed by atoms with Crippen molar-refractivity contribution in [2.24, 2.45) is 0 Å². The van der Waals surface area contributed by atoms with Crippen LogP contribution in [0, 0.1) is 0 Å². The number of rotatable bonds is 45. The summed E-state index contributed by atoms with van der Waals surface area (Å²) in [6.45, 7) is 6.30. The molecule has 0 aromatic rings. The van der Waals surface area contributed by atoms with Crippen LogP contribution in [0.2, 0.25) is 0 Å². The van der Waals surface area contributed by atoms with Crippen molar-refractivity contribution < 1.29 is 28.6 Å². The van der Waals surface area contributed by atoms with Gasteiger partial charge in [-0.25, -0.2) is 0 Å². The second-order valence-electron chi connectivity index (χ2n) is 16.7. The van der Waals surface area contributed by atoms with Crippen LogP contribution < -0.4 is 0 Å². The largest absolute Gasteiger partial charge is 0.462 e. The van der Waals surface area contributed by atoms with Gasteiger partial charge in [0.15, 0.2) is 6.10 Å². The number of ether oxygens (including phenoxy) is 3. The van der Waals surface area contributed by atoms with E-state index in [1.54, 1.807) is 0 Å². The lowest BCUT2D eigenvalue weighted by Gasteiger charge is -2.18. The van der Waals surface area contributed by atoms with Crippen molar-refractivity contribution in [2.45, 2.75) is 219 Å². The molecule has 0 saturated carbocycles. The average molecular weight is 899 g/mol. The fourth-order valence-corrected chi connectivity index (χ4v) is 6.58. The van der Waals surface area contributed by atoms with Crippen LogP contribution in [0.5, 0.6) is 0 Å². The number of unbranched alkanes of at least 4 members (excludes halogenated alkanes) is 14. The van der Waals surface area contributed by atoms with Crippen molar-refractivity contribution in [3.63, 3.8) is 0 Å². The Kier molecular flexibility index (Phi) is 49.1. The van der Waals surface area contributed by atoms with Gasteiger partial charge in [-0.15, -0.1) is 0 Å². The molecule has 6 nitrogen and oxygen atoms in total. The number of carbonyl (C=O) groups excluding carboxylic acids is 3. The Hall–Kier alpha value is -4.19. The Morgan fingerprint density at radius 1 is 0.323 bits per heavy atom. The molecule has 6 heteroatoms. The van der Waals surface area contributed by atoms with Crippen LogP contribution >= 0.6 is 0 Å². The van der Waals surface area contributed by atoms with Gasteiger partial charge in [-0.2, -0.15) is 0 Å². The molecule has 0 aromatic carbocycles. The third-order valence-electron chi connectivity index (χ3n) is 10.4. The summed E-state index contributed by atoms with van der Waals surface area (Å²) in [6.07, 6.45) is 71.9. The maximum atomic E-state index is 12.8. The first kappa shape index (κ1) is 60.8. The maximum Gasteiger partial charge on any atom is 0.306 e. The molecular weight excluding hydrogens is 805 g/mol. The van der Waals surface area contributed by atoms with Gasteiger partial charge in [0.2, 0.25) is 0 Å². The molecule has 0 rings (SSSR count). The van der Waals surface area contributed by atoms with Gasteiger partial charge in [0.05, 0.1) is 0 Å². The van der Waals surface area contributed by atoms with Crippen molar-refractivity contribution in [1.82, 2.24) is 0 Å². The van der Waals surface area contributed by atoms with E-state index in [-0.39, 0.29) is 44.0 Å². The topological polar surface area (TPSA) is 78.9 Å². The minimum Gasteiger partial charge on any atom is -0.462 e. The molecule has 1 atom stereocenters. The van der Waals surface area contributed by atoms with Gasteiger partial charge in [0.25, 0.3) is 0 Å². The fraction of sp³-hybridized carbons (Fsp3) is 0.610. The van der Waals surface area contributed by atoms with Gasteiger partial charge >= 0.3 is 17.9 Å². The molecule has 0 radical (unpaired) electrons. The summed E-state index contributed by atoms with van der Waals surface area (Å²) in [5.41, 5.74) is 0. The molecule has 65 heavy (non-hydrogen) atoms. The van der Waals surface area contributed by atoms with Crippen LogP contribution in [0.4, 0.5) is 0 Å². The van der Waals surface area contributed by atoms with Crippen LogP contribution in [0.25, 0.3) is 0 Å². The van der Waals surface area contributed by atoms with Gasteiger partial charge in [0, 0.05) is 19.3 Å². The SMILES string of the molecule is CC/C=C\C/C=C\C/C=C\C/C=C\C/C=C\CCCC(=O)OCC(COC(=O)CCCCC/C=C\CCCCCCCCC)OC(=O)CCCCC/C=C\C/C=C\C/C=C\C/C=C\CC. The van der Waals surface area contributed by atoms with Crippen molar-refractivity contribution in [3.05, 3.63) is 122 Å². The summed E-state index contributed by atoms with van der Waals surface area (Å²) >= 11 is 0. The lowest BCUT2D eigenvalue weighted by atomic mass is 10.1. The van der Waals surface area contributed by atoms with Crippen LogP contribution in [0.1, 0.15) is 213 Å². The molecule has 0 aliphatic rings. The van der Waals surface area contributed by atoms with E-state index >= 15 is 0 Å². The van der Waals surface area contributed by atoms with Gasteiger partial charge in [0.1, 0.15) is 13.2 Å². The second-order valence-corrected chi connectivity index (χ2v) is 16.7. The normalized spacial score (nSPS) is 13.1. The number of allylic oxidation sites excluding steroid dienone is 20. The predicted octanol–water partition coefficient (Wildman–Crippen LogP) is 17.3. The van der Waals surface area contributed by atoms with E-state index in [1.165, 1.54) is 44.9 Å². The van der Waals surface area contributed by atoms with Crippen LogP contribution in [0.3, 0.4) is 0 Å². The molecule has 0 aliphatic heterocycles. The van der Waals surface area contributed by atoms with Gasteiger partial charge in [-0.3, -0.25) is 14.4 Å². The Morgan fingerprint density at radius 3 is 1.02 bits per heavy atom. The lowest BCUT2D eigenvalue weighted by molar-refractivity contribution is -0.167. The van der Waals surface area contributed by atoms with Crippen molar-refractivity contribution in [2.75, 3.05) is 13.2 Å². The fourth-order valence-electron chi connectivity index (χ4n) is 6.58. The maximum absolute atomic E-state index is 12.8. The highest BCUT2D eigenvalue weighted by molar-refractivity contribution is 5.71. The minimum absolute atomic E-state index is 0.120. The molecule has 0 N–H and O–H groups in total. The summed E-state index contributed by atoms with van der Waals surface area (Å²) in [4.78, 5) is 38.0. The van der Waals surface area contributed by atoms with Gasteiger partial charge in [-0.05, 0) is 122 Å². The minimum atomic E-state index is -0.827. The van der Waals surface area contributed by atoms with E-state index in [0.717, 1.165) is 116 Å². The number of esters is 3. The van der Waals surface area contributed by atoms with E-state index in [0.29, 0.717) is 19.3 Å². The van der Waals surface area contributed by atoms with Crippen LogP contribution in [-0.4, -0.2) is 37.2 Å². The summed E-state index contributed by atoms with van der Waals surface area (Å²) in [5.74, 6) is -1.03. The zero-order valence-corrected chi connectivity index (χ0v) is 41.7. The Labute approximate surface area is 399 Å². The predicted molar refractivity (Wildman–Crippen MR) is 279 cm³/mol. The van der Waals surface area contributed by atoms with E-state index in [9.17, 15) is 14.4 Å². The third kappa shape index (κ3) is 50.7. The molecule has 0 fully saturated rings. The van der Waals surface area contributed by atoms with Crippen molar-refractivity contribution in [3.8, 4) is 0 Å². The van der Waals surface area contributed by atoms with Crippen molar-refractivity contribution >= 4 is 17.9 Å². The Bertz CT molecular complexity index is 1400. The zero-order chi connectivity index (χ0) is 47.2. The molecule has 0 amide bonds. The lowest BCUT2D eigenvalue weighted by Crippen LogP contribution is -2.30. The number of hydrogen-bond donors (Lipinski definition) is 0. The molecule has 0 heterocycles. The molecule has 1 unspecified atom stereocenters. The highest BCUT2D eigenvalue weighted by Gasteiger charge is 2.19. The van der Waals surface area contributed by atoms with E-state index in [4.69, 9.17) is 14.2 Å². The Balaban J connectivity index is 4.58. The summed E-state index contributed by atoms with van der Waals surface area (Å²) in [5, 5.41) is 0. The molecule has 0 saturated heterocycles. The van der Waals surface area contributed by atoms with E-state index in [1.807, 2.05) is 0 Å². The van der Waals surface area contributed by atoms with E-state index in [2.05, 4.69) is 142 Å². The molecular formula is C59H94O6. The first-order chi connectivity index (χ1) is 32.0. The Morgan fingerprint density at radius 2 is 0.615 bits per heavy atom. The first-order valence-electron chi connectivity index (χ1n) is 26.0. The zero-order valence-electron chi connectivity index (χ0n) is 41.7.